The first kappa shape index (κ1) is 21.2. The third-order valence-corrected chi connectivity index (χ3v) is 6.92. The van der Waals surface area contributed by atoms with E-state index in [9.17, 15) is 4.79 Å². The summed E-state index contributed by atoms with van der Waals surface area (Å²) in [6.45, 7) is 7.05. The van der Waals surface area contributed by atoms with Crippen LogP contribution in [0, 0.1) is 0 Å². The first-order chi connectivity index (χ1) is 14.7. The van der Waals surface area contributed by atoms with Crippen LogP contribution < -0.4 is 10.2 Å². The Morgan fingerprint density at radius 2 is 1.97 bits per heavy atom. The standard InChI is InChI=1S/C22H31N5O2S/c1-3-17-8-4-7-11-19(17)27-21(26-12-14-29-15-13-26)24-25-22(27)30-16(2)20(28)23-18-9-5-6-10-18/h4,7-8,11,16,18H,3,5-6,9-10,12-15H2,1-2H3,(H,23,28)/t16-/m0/s1. The van der Waals surface area contributed by atoms with Crippen molar-refractivity contribution in [2.24, 2.45) is 0 Å². The van der Waals surface area contributed by atoms with Crippen LogP contribution in [0.2, 0.25) is 0 Å². The van der Waals surface area contributed by atoms with Crippen LogP contribution in [0.3, 0.4) is 0 Å². The quantitative estimate of drug-likeness (QED) is 0.682. The van der Waals surface area contributed by atoms with E-state index in [0.717, 1.165) is 49.1 Å². The first-order valence-corrected chi connectivity index (χ1v) is 11.9. The number of hydrogen-bond donors (Lipinski definition) is 1. The third kappa shape index (κ3) is 4.64. The first-order valence-electron chi connectivity index (χ1n) is 11.0. The second-order valence-electron chi connectivity index (χ2n) is 7.95. The molecule has 1 aliphatic heterocycles. The summed E-state index contributed by atoms with van der Waals surface area (Å²) in [5.41, 5.74) is 2.31. The minimum absolute atomic E-state index is 0.0816. The molecule has 2 fully saturated rings. The number of rotatable bonds is 7. The number of ether oxygens (including phenoxy) is 1. The molecule has 2 aromatic rings. The van der Waals surface area contributed by atoms with Crippen molar-refractivity contribution in [2.75, 3.05) is 31.2 Å². The predicted molar refractivity (Wildman–Crippen MR) is 119 cm³/mol. The molecular weight excluding hydrogens is 398 g/mol. The van der Waals surface area contributed by atoms with Crippen LogP contribution in [0.4, 0.5) is 5.95 Å². The van der Waals surface area contributed by atoms with Crippen LogP contribution in [0.5, 0.6) is 0 Å². The second kappa shape index (κ2) is 9.83. The molecule has 0 unspecified atom stereocenters. The summed E-state index contributed by atoms with van der Waals surface area (Å²) in [6.07, 6.45) is 5.50. The zero-order valence-electron chi connectivity index (χ0n) is 17.8. The fraction of sp³-hybridized carbons (Fsp3) is 0.591. The van der Waals surface area contributed by atoms with Crippen molar-refractivity contribution in [1.82, 2.24) is 20.1 Å². The number of benzene rings is 1. The van der Waals surface area contributed by atoms with E-state index in [-0.39, 0.29) is 11.2 Å². The highest BCUT2D eigenvalue weighted by Gasteiger charge is 2.27. The van der Waals surface area contributed by atoms with E-state index in [2.05, 4.69) is 50.1 Å². The molecular formula is C22H31N5O2S. The lowest BCUT2D eigenvalue weighted by atomic mass is 10.1. The Morgan fingerprint density at radius 1 is 1.23 bits per heavy atom. The van der Waals surface area contributed by atoms with Gasteiger partial charge in [0.1, 0.15) is 0 Å². The van der Waals surface area contributed by atoms with Crippen LogP contribution in [-0.4, -0.2) is 58.3 Å². The van der Waals surface area contributed by atoms with E-state index in [0.29, 0.717) is 19.3 Å². The minimum Gasteiger partial charge on any atom is -0.378 e. The Kier molecular flexibility index (Phi) is 6.94. The van der Waals surface area contributed by atoms with Gasteiger partial charge in [0, 0.05) is 19.1 Å². The Hall–Kier alpha value is -2.06. The van der Waals surface area contributed by atoms with Gasteiger partial charge in [0.25, 0.3) is 0 Å². The monoisotopic (exact) mass is 429 g/mol. The van der Waals surface area contributed by atoms with Crippen LogP contribution in [0.25, 0.3) is 5.69 Å². The van der Waals surface area contributed by atoms with E-state index < -0.39 is 0 Å². The summed E-state index contributed by atoms with van der Waals surface area (Å²) in [5, 5.41) is 12.8. The molecule has 4 rings (SSSR count). The van der Waals surface area contributed by atoms with Crippen molar-refractivity contribution in [1.29, 1.82) is 0 Å². The number of carbonyl (C=O) groups excluding carboxylic acids is 1. The molecule has 0 radical (unpaired) electrons. The van der Waals surface area contributed by atoms with Gasteiger partial charge in [-0.05, 0) is 37.8 Å². The summed E-state index contributed by atoms with van der Waals surface area (Å²) >= 11 is 1.48. The highest BCUT2D eigenvalue weighted by molar-refractivity contribution is 8.00. The highest BCUT2D eigenvalue weighted by atomic mass is 32.2. The summed E-state index contributed by atoms with van der Waals surface area (Å²) in [6, 6.07) is 8.68. The normalized spacial score (nSPS) is 18.5. The Balaban J connectivity index is 1.62. The third-order valence-electron chi connectivity index (χ3n) is 5.88. The lowest BCUT2D eigenvalue weighted by Gasteiger charge is -2.28. The molecule has 2 heterocycles. The maximum Gasteiger partial charge on any atom is 0.233 e. The van der Waals surface area contributed by atoms with Gasteiger partial charge in [-0.2, -0.15) is 0 Å². The van der Waals surface area contributed by atoms with Gasteiger partial charge in [-0.15, -0.1) is 10.2 Å². The van der Waals surface area contributed by atoms with Gasteiger partial charge < -0.3 is 15.0 Å². The van der Waals surface area contributed by atoms with Crippen LogP contribution in [0.1, 0.15) is 45.1 Å². The zero-order chi connectivity index (χ0) is 20.9. The predicted octanol–water partition coefficient (Wildman–Crippen LogP) is 3.21. The molecule has 1 N–H and O–H groups in total. The zero-order valence-corrected chi connectivity index (χ0v) is 18.7. The lowest BCUT2D eigenvalue weighted by Crippen LogP contribution is -2.38. The number of thioether (sulfide) groups is 1. The Bertz CT molecular complexity index is 859. The number of anilines is 1. The average molecular weight is 430 g/mol. The van der Waals surface area contributed by atoms with Crippen LogP contribution in [0.15, 0.2) is 29.4 Å². The number of hydrogen-bond acceptors (Lipinski definition) is 6. The molecule has 1 atom stereocenters. The van der Waals surface area contributed by atoms with Gasteiger partial charge in [-0.25, -0.2) is 0 Å². The Labute approximate surface area is 182 Å². The molecule has 1 aromatic heterocycles. The summed E-state index contributed by atoms with van der Waals surface area (Å²) in [4.78, 5) is 15.0. The van der Waals surface area contributed by atoms with Crippen molar-refractivity contribution in [3.8, 4) is 5.69 Å². The molecule has 1 amide bonds. The van der Waals surface area contributed by atoms with E-state index in [1.807, 2.05) is 13.0 Å². The van der Waals surface area contributed by atoms with Crippen molar-refractivity contribution >= 4 is 23.6 Å². The van der Waals surface area contributed by atoms with Crippen molar-refractivity contribution in [2.45, 2.75) is 62.4 Å². The molecule has 30 heavy (non-hydrogen) atoms. The van der Waals surface area contributed by atoms with E-state index >= 15 is 0 Å². The van der Waals surface area contributed by atoms with Crippen molar-refractivity contribution in [3.63, 3.8) is 0 Å². The molecule has 1 aromatic carbocycles. The van der Waals surface area contributed by atoms with Gasteiger partial charge in [0.15, 0.2) is 5.16 Å². The average Bonchev–Trinajstić information content (AvgIpc) is 3.44. The number of morpholine rings is 1. The van der Waals surface area contributed by atoms with Gasteiger partial charge >= 0.3 is 0 Å². The molecule has 0 spiro atoms. The summed E-state index contributed by atoms with van der Waals surface area (Å²) < 4.78 is 7.64. The van der Waals surface area contributed by atoms with E-state index in [4.69, 9.17) is 4.74 Å². The van der Waals surface area contributed by atoms with Gasteiger partial charge in [0.05, 0.1) is 24.2 Å². The Morgan fingerprint density at radius 3 is 2.70 bits per heavy atom. The molecule has 8 heteroatoms. The van der Waals surface area contributed by atoms with Crippen molar-refractivity contribution in [3.05, 3.63) is 29.8 Å². The van der Waals surface area contributed by atoms with Crippen LogP contribution in [-0.2, 0) is 16.0 Å². The molecule has 1 saturated heterocycles. The summed E-state index contributed by atoms with van der Waals surface area (Å²) in [7, 11) is 0. The molecule has 162 valence electrons. The van der Waals surface area contributed by atoms with Crippen molar-refractivity contribution < 1.29 is 9.53 Å². The van der Waals surface area contributed by atoms with Crippen LogP contribution >= 0.6 is 11.8 Å². The number of para-hydroxylation sites is 1. The fourth-order valence-corrected chi connectivity index (χ4v) is 5.01. The van der Waals surface area contributed by atoms with Gasteiger partial charge in [-0.1, -0.05) is 49.7 Å². The molecule has 0 bridgehead atoms. The smallest absolute Gasteiger partial charge is 0.233 e. The van der Waals surface area contributed by atoms with E-state index in [1.165, 1.54) is 30.2 Å². The number of nitrogens with zero attached hydrogens (tertiary/aromatic N) is 4. The topological polar surface area (TPSA) is 72.3 Å². The lowest BCUT2D eigenvalue weighted by molar-refractivity contribution is -0.120. The number of aryl methyl sites for hydroxylation is 1. The highest BCUT2D eigenvalue weighted by Crippen LogP contribution is 2.31. The summed E-state index contributed by atoms with van der Waals surface area (Å²) in [5.74, 6) is 0.906. The van der Waals surface area contributed by atoms with Gasteiger partial charge in [-0.3, -0.25) is 9.36 Å². The van der Waals surface area contributed by atoms with E-state index in [1.54, 1.807) is 0 Å². The SMILES string of the molecule is CCc1ccccc1-n1c(S[C@@H](C)C(=O)NC2CCCC2)nnc1N1CCOCC1. The molecule has 1 saturated carbocycles. The number of amides is 1. The minimum atomic E-state index is -0.236. The van der Waals surface area contributed by atoms with Gasteiger partial charge in [0.2, 0.25) is 11.9 Å². The number of nitrogens with one attached hydrogen (secondary N) is 1. The number of carbonyl (C=O) groups is 1. The fourth-order valence-electron chi connectivity index (χ4n) is 4.15. The maximum atomic E-state index is 12.8. The largest absolute Gasteiger partial charge is 0.378 e. The molecule has 1 aliphatic carbocycles. The second-order valence-corrected chi connectivity index (χ2v) is 9.26. The molecule has 2 aliphatic rings. The maximum absolute atomic E-state index is 12.8. The number of aromatic nitrogens is 3. The molecule has 7 nitrogen and oxygen atoms in total.